The monoisotopic (exact) mass is 1030 g/mol. The number of aliphatic hydroxyl groups excluding tert-OH is 2. The number of amides is 1. The minimum atomic E-state index is -2.40. The van der Waals surface area contributed by atoms with Crippen molar-refractivity contribution in [2.45, 2.75) is 187 Å². The maximum atomic E-state index is 14.2. The van der Waals surface area contributed by atoms with Crippen LogP contribution in [0.15, 0.2) is 47.6 Å². The topological polar surface area (TPSA) is 214 Å². The molecule has 73 heavy (non-hydrogen) atoms. The molecule has 4 rings (SSSR count). The third kappa shape index (κ3) is 18.1. The van der Waals surface area contributed by atoms with Gasteiger partial charge in [-0.2, -0.15) is 0 Å². The van der Waals surface area contributed by atoms with Crippen LogP contribution in [0.2, 0.25) is 0 Å². The lowest BCUT2D eigenvalue weighted by Gasteiger charge is -2.43. The van der Waals surface area contributed by atoms with Gasteiger partial charge in [-0.15, -0.1) is 0 Å². The molecule has 1 saturated carbocycles. The molecule has 0 aromatic heterocycles. The lowest BCUT2D eigenvalue weighted by molar-refractivity contribution is -0.266. The van der Waals surface area contributed by atoms with Gasteiger partial charge in [0, 0.05) is 50.9 Å². The number of Topliss-reactive ketones (excluding diaryl/α,β-unsaturated/α-hetero) is 3. The van der Waals surface area contributed by atoms with E-state index in [-0.39, 0.29) is 67.2 Å². The lowest BCUT2D eigenvalue weighted by atomic mass is 9.79. The number of piperidine rings is 1. The van der Waals surface area contributed by atoms with Crippen LogP contribution in [-0.2, 0) is 57.1 Å². The van der Waals surface area contributed by atoms with Crippen LogP contribution in [-0.4, -0.2) is 158 Å². The van der Waals surface area contributed by atoms with Gasteiger partial charge in [0.15, 0.2) is 5.78 Å². The summed E-state index contributed by atoms with van der Waals surface area (Å²) in [7, 11) is 3.07. The number of hydrogen-bond donors (Lipinski definition) is 3. The van der Waals surface area contributed by atoms with Gasteiger partial charge in [0.25, 0.3) is 11.7 Å². The maximum Gasteiger partial charge on any atom is 0.329 e. The van der Waals surface area contributed by atoms with Gasteiger partial charge in [-0.3, -0.25) is 19.2 Å². The molecule has 0 radical (unpaired) electrons. The number of rotatable bonds is 29. The van der Waals surface area contributed by atoms with Crippen LogP contribution >= 0.6 is 0 Å². The van der Waals surface area contributed by atoms with Crippen molar-refractivity contribution < 1.29 is 72.5 Å². The van der Waals surface area contributed by atoms with Gasteiger partial charge < -0.3 is 53.4 Å². The Morgan fingerprint density at radius 3 is 2.23 bits per heavy atom. The number of esters is 1. The SMILES string of the molecule is CO[C@@H]1C[C@H](C[C@@H](C)[C@H](C)OC(=O)[C@@H]2CCCCN2C(=O)C(=O)[C@]2(O)O[C@H](CC(OCC3COC3)/C(C)=C/C=C/C=C/[C@@H](C)C[C@@H](C)C(=O)[C@H](OC)[C@H](O)/C(C)=C/[C@@H](C)C(C)=O)CC[C@H]2C)CC[C@H]1OCCO. The summed E-state index contributed by atoms with van der Waals surface area (Å²) in [5.41, 5.74) is 1.41. The van der Waals surface area contributed by atoms with Crippen molar-refractivity contribution in [3.05, 3.63) is 47.6 Å². The van der Waals surface area contributed by atoms with Gasteiger partial charge >= 0.3 is 5.97 Å². The predicted octanol–water partition coefficient (Wildman–Crippen LogP) is 6.85. The molecule has 1 amide bonds. The van der Waals surface area contributed by atoms with Gasteiger partial charge in [-0.05, 0) is 121 Å². The molecule has 0 spiro atoms. The van der Waals surface area contributed by atoms with Crippen molar-refractivity contribution in [3.8, 4) is 0 Å². The average Bonchev–Trinajstić information content (AvgIpc) is 3.35. The fourth-order valence-electron chi connectivity index (χ4n) is 10.5. The molecule has 4 fully saturated rings. The van der Waals surface area contributed by atoms with E-state index < -0.39 is 71.8 Å². The molecule has 0 aromatic rings. The van der Waals surface area contributed by atoms with Crippen LogP contribution in [0.3, 0.4) is 0 Å². The molecule has 16 nitrogen and oxygen atoms in total. The summed E-state index contributed by atoms with van der Waals surface area (Å²) in [4.78, 5) is 68.6. The van der Waals surface area contributed by atoms with Crippen molar-refractivity contribution in [2.24, 2.45) is 41.4 Å². The molecule has 3 heterocycles. The summed E-state index contributed by atoms with van der Waals surface area (Å²) in [6, 6.07) is -0.967. The van der Waals surface area contributed by atoms with Crippen molar-refractivity contribution in [1.29, 1.82) is 0 Å². The zero-order valence-electron chi connectivity index (χ0n) is 45.8. The van der Waals surface area contributed by atoms with E-state index in [9.17, 15) is 39.3 Å². The summed E-state index contributed by atoms with van der Waals surface area (Å²) in [5, 5.41) is 32.2. The Hall–Kier alpha value is -3.45. The van der Waals surface area contributed by atoms with E-state index in [1.807, 2.05) is 65.0 Å². The second-order valence-electron chi connectivity index (χ2n) is 21.8. The van der Waals surface area contributed by atoms with E-state index >= 15 is 0 Å². The Morgan fingerprint density at radius 1 is 0.863 bits per heavy atom. The number of ketones is 3. The molecule has 3 saturated heterocycles. The quantitative estimate of drug-likeness (QED) is 0.0303. The molecule has 3 aliphatic heterocycles. The van der Waals surface area contributed by atoms with Crippen molar-refractivity contribution in [1.82, 2.24) is 4.90 Å². The summed E-state index contributed by atoms with van der Waals surface area (Å²) < 4.78 is 41.1. The van der Waals surface area contributed by atoms with Crippen LogP contribution in [0, 0.1) is 41.4 Å². The average molecular weight is 1030 g/mol. The third-order valence-corrected chi connectivity index (χ3v) is 15.8. The molecule has 1 unspecified atom stereocenters. The Bertz CT molecular complexity index is 1910. The highest BCUT2D eigenvalue weighted by atomic mass is 16.6. The number of likely N-dealkylation sites (tertiary alicyclic amines) is 1. The second kappa shape index (κ2) is 30.3. The van der Waals surface area contributed by atoms with Crippen LogP contribution in [0.5, 0.6) is 0 Å². The molecule has 0 aromatic carbocycles. The minimum absolute atomic E-state index is 0.0147. The number of ether oxygens (including phenoxy) is 7. The van der Waals surface area contributed by atoms with Crippen LogP contribution in [0.1, 0.15) is 133 Å². The van der Waals surface area contributed by atoms with E-state index in [0.29, 0.717) is 76.3 Å². The highest BCUT2D eigenvalue weighted by molar-refractivity contribution is 6.39. The number of nitrogens with zero attached hydrogens (tertiary/aromatic N) is 1. The summed E-state index contributed by atoms with van der Waals surface area (Å²) in [6.45, 7) is 18.4. The first-order valence-corrected chi connectivity index (χ1v) is 27.0. The first kappa shape index (κ1) is 62.1. The Labute approximate surface area is 435 Å². The van der Waals surface area contributed by atoms with E-state index in [4.69, 9.17) is 33.2 Å². The first-order valence-electron chi connectivity index (χ1n) is 27.0. The molecule has 414 valence electrons. The van der Waals surface area contributed by atoms with Crippen molar-refractivity contribution in [3.63, 3.8) is 0 Å². The number of allylic oxidation sites excluding steroid dienone is 6. The maximum absolute atomic E-state index is 14.2. The van der Waals surface area contributed by atoms with Gasteiger partial charge in [0.2, 0.25) is 5.79 Å². The summed E-state index contributed by atoms with van der Waals surface area (Å²) in [6.07, 6.45) is 14.2. The fraction of sp³-hybridized carbons (Fsp3) is 0.772. The molecule has 15 atom stereocenters. The van der Waals surface area contributed by atoms with Crippen LogP contribution in [0.25, 0.3) is 0 Å². The number of methoxy groups -OCH3 is 2. The number of hydrogen-bond acceptors (Lipinski definition) is 15. The zero-order valence-corrected chi connectivity index (χ0v) is 45.8. The van der Waals surface area contributed by atoms with Gasteiger partial charge in [-0.1, -0.05) is 71.1 Å². The van der Waals surface area contributed by atoms with Gasteiger partial charge in [0.05, 0.1) is 57.5 Å². The largest absolute Gasteiger partial charge is 0.461 e. The van der Waals surface area contributed by atoms with Crippen LogP contribution < -0.4 is 0 Å². The lowest BCUT2D eigenvalue weighted by Crippen LogP contribution is -2.60. The van der Waals surface area contributed by atoms with Gasteiger partial charge in [-0.25, -0.2) is 4.79 Å². The fourth-order valence-corrected chi connectivity index (χ4v) is 10.5. The van der Waals surface area contributed by atoms with E-state index in [1.54, 1.807) is 34.0 Å². The standard InChI is InChI=1S/C57H91NO15/c1-35(27-39(5)51(61)53(68-11)52(62)40(6)28-37(3)42(8)60)17-13-12-14-18-36(2)49(71-34-45-32-69-33-45)31-46-22-20-41(7)57(66,73-46)54(63)55(64)58-24-16-15-19-47(58)56(65)72-43(9)38(4)29-44-21-23-48(70-26-25-59)50(30-44)67-10/h12-14,17-18,28,35,37-39,41,43-50,52-53,59,62,66H,15-16,19-27,29-34H2,1-11H3/b14-12+,17-13+,36-18+,40-28+/t35-,37-,38-,39-,41-,43+,44+,46+,47+,48-,49?,50-,52-,53+,57-/m1/s1. The Kier molecular flexibility index (Phi) is 25.8. The Balaban J connectivity index is 1.36. The Morgan fingerprint density at radius 2 is 1.59 bits per heavy atom. The molecule has 0 bridgehead atoms. The third-order valence-electron chi connectivity index (χ3n) is 15.8. The minimum Gasteiger partial charge on any atom is -0.461 e. The molecule has 1 aliphatic carbocycles. The highest BCUT2D eigenvalue weighted by Gasteiger charge is 2.53. The van der Waals surface area contributed by atoms with E-state index in [2.05, 4.69) is 0 Å². The van der Waals surface area contributed by atoms with E-state index in [1.165, 1.54) is 18.9 Å². The second-order valence-corrected chi connectivity index (χ2v) is 21.8. The van der Waals surface area contributed by atoms with Crippen molar-refractivity contribution in [2.75, 3.05) is 53.8 Å². The molecule has 4 aliphatic rings. The number of carbonyl (C=O) groups excluding carboxylic acids is 5. The molecular weight excluding hydrogens is 939 g/mol. The van der Waals surface area contributed by atoms with Crippen LogP contribution in [0.4, 0.5) is 0 Å². The first-order chi connectivity index (χ1) is 34.6. The normalized spacial score (nSPS) is 28.9. The number of carbonyl (C=O) groups is 5. The van der Waals surface area contributed by atoms with Crippen molar-refractivity contribution >= 4 is 29.2 Å². The van der Waals surface area contributed by atoms with E-state index in [0.717, 1.165) is 31.3 Å². The smallest absolute Gasteiger partial charge is 0.329 e. The zero-order chi connectivity index (χ0) is 54.0. The summed E-state index contributed by atoms with van der Waals surface area (Å²) >= 11 is 0. The predicted molar refractivity (Wildman–Crippen MR) is 276 cm³/mol. The number of aliphatic hydroxyl groups is 3. The highest BCUT2D eigenvalue weighted by Crippen LogP contribution is 2.38. The molecule has 3 N–H and O–H groups in total. The molecular formula is C57H91NO15. The summed E-state index contributed by atoms with van der Waals surface area (Å²) in [5.74, 6) is -6.09. The molecule has 16 heteroatoms. The van der Waals surface area contributed by atoms with Gasteiger partial charge in [0.1, 0.15) is 30.1 Å².